The summed E-state index contributed by atoms with van der Waals surface area (Å²) < 4.78 is 18.0. The number of fused-ring (bicyclic) bond motifs is 2. The quantitative estimate of drug-likeness (QED) is 0.190. The molecule has 1 saturated heterocycles. The van der Waals surface area contributed by atoms with Crippen LogP contribution in [0.5, 0.6) is 11.5 Å². The lowest BCUT2D eigenvalue weighted by atomic mass is 9.85. The highest BCUT2D eigenvalue weighted by Crippen LogP contribution is 2.82. The maximum absolute atomic E-state index is 14.7. The highest BCUT2D eigenvalue weighted by molar-refractivity contribution is 7.13. The molecule has 15 heteroatoms. The molecule has 6 unspecified atom stereocenters. The molecule has 2 bridgehead atoms. The van der Waals surface area contributed by atoms with E-state index in [4.69, 9.17) is 35.8 Å². The van der Waals surface area contributed by atoms with Gasteiger partial charge in [-0.25, -0.2) is 19.6 Å². The van der Waals surface area contributed by atoms with Crippen molar-refractivity contribution >= 4 is 57.7 Å². The number of nitrogens with one attached hydrogen (secondary N) is 2. The number of rotatable bonds is 12. The zero-order chi connectivity index (χ0) is 39.3. The van der Waals surface area contributed by atoms with E-state index in [2.05, 4.69) is 24.5 Å². The van der Waals surface area contributed by atoms with Gasteiger partial charge in [0.1, 0.15) is 57.1 Å². The Morgan fingerprint density at radius 1 is 1.11 bits per heavy atom. The first-order valence-electron chi connectivity index (χ1n) is 19.2. The number of methoxy groups -OCH3 is 1. The number of carboxylic acids is 1. The van der Waals surface area contributed by atoms with Gasteiger partial charge in [-0.05, 0) is 60.0 Å². The van der Waals surface area contributed by atoms with Crippen molar-refractivity contribution in [1.82, 2.24) is 25.5 Å². The monoisotopic (exact) mass is 793 g/mol. The number of hydrogen-bond acceptors (Lipinski definition) is 10. The molecule has 6 fully saturated rings. The summed E-state index contributed by atoms with van der Waals surface area (Å²) in [5.41, 5.74) is -0.264. The first kappa shape index (κ1) is 37.7. The second kappa shape index (κ2) is 13.5. The summed E-state index contributed by atoms with van der Waals surface area (Å²) in [5.74, 6) is 1.16. The van der Waals surface area contributed by atoms with Crippen LogP contribution < -0.4 is 20.1 Å². The van der Waals surface area contributed by atoms with E-state index >= 15 is 0 Å². The van der Waals surface area contributed by atoms with Crippen LogP contribution in [0.25, 0.3) is 21.6 Å². The maximum Gasteiger partial charge on any atom is 0.408 e. The van der Waals surface area contributed by atoms with Gasteiger partial charge in [-0.3, -0.25) is 9.59 Å². The number of thiazole rings is 1. The van der Waals surface area contributed by atoms with E-state index in [1.807, 2.05) is 33.1 Å². The normalized spacial score (nSPS) is 30.5. The molecule has 5 aliphatic carbocycles. The van der Waals surface area contributed by atoms with Crippen molar-refractivity contribution in [2.24, 2.45) is 35.0 Å². The molecule has 3 aromatic rings. The lowest BCUT2D eigenvalue weighted by Crippen LogP contribution is -2.59. The fraction of sp³-hybridized carbons (Fsp3) is 0.600. The fourth-order valence-corrected chi connectivity index (χ4v) is 10.3. The molecular formula is C40H48ClN5O8S. The van der Waals surface area contributed by atoms with Crippen LogP contribution in [0.15, 0.2) is 23.6 Å². The number of ether oxygens (including phenoxy) is 3. The van der Waals surface area contributed by atoms with Crippen LogP contribution in [0, 0.1) is 35.0 Å². The Labute approximate surface area is 328 Å². The SMILES string of the molecule is CCC1C[C@]1(NC(=O)C1C[C@@H](Oc2cc(-c3nc(C(C)C)cs3)nc3c(Cl)c(OC)ccc23)CN1C(=O)[C@@H](NC(=O)OC1CC2C3C1[C@H]23)C(C)(C)C)C(=O)O. The summed E-state index contributed by atoms with van der Waals surface area (Å²) in [6.07, 6.45) is 0.323. The molecule has 294 valence electrons. The molecule has 3 amide bonds. The van der Waals surface area contributed by atoms with Crippen LogP contribution in [-0.4, -0.2) is 87.3 Å². The lowest BCUT2D eigenvalue weighted by Gasteiger charge is -2.35. The van der Waals surface area contributed by atoms with E-state index in [0.29, 0.717) is 74.6 Å². The largest absolute Gasteiger partial charge is 0.495 e. The predicted molar refractivity (Wildman–Crippen MR) is 205 cm³/mol. The van der Waals surface area contributed by atoms with Gasteiger partial charge in [0.05, 0.1) is 24.9 Å². The Morgan fingerprint density at radius 2 is 1.85 bits per heavy atom. The number of likely N-dealkylation sites (tertiary alicyclic amines) is 1. The van der Waals surface area contributed by atoms with Gasteiger partial charge >= 0.3 is 12.1 Å². The van der Waals surface area contributed by atoms with Crippen molar-refractivity contribution in [2.45, 2.75) is 103 Å². The summed E-state index contributed by atoms with van der Waals surface area (Å²) in [6.45, 7) is 11.5. The standard InChI is InChI=1S/C40H48ClN5O8S/c1-8-18-14-40(18,37(49)50)45-34(47)24-11-19(15-46(24)36(48)33(39(4,5)6)44-38(51)54-27-12-21-28-29(21)30(27)28)53-26-13-22(35-43-23(16-55-35)17(2)3)42-32-20(26)9-10-25(52-7)31(32)41/h9-10,13,16-19,21,24,27-30,33H,8,11-12,14-15H2,1-7H3,(H,44,51)(H,45,47)(H,49,50)/t18?,19-,21?,24?,27?,28-,29?,30?,33-,40-/m1/s1. The minimum atomic E-state index is -1.40. The molecule has 3 heterocycles. The van der Waals surface area contributed by atoms with E-state index in [-0.39, 0.29) is 30.9 Å². The van der Waals surface area contributed by atoms with Crippen molar-refractivity contribution in [1.29, 1.82) is 0 Å². The topological polar surface area (TPSA) is 169 Å². The molecule has 2 aromatic heterocycles. The van der Waals surface area contributed by atoms with Gasteiger partial charge < -0.3 is 34.9 Å². The molecule has 6 aliphatic rings. The Balaban J connectivity index is 1.10. The molecule has 1 aliphatic heterocycles. The van der Waals surface area contributed by atoms with Crippen LogP contribution in [-0.2, 0) is 19.1 Å². The number of aromatic nitrogens is 2. The minimum Gasteiger partial charge on any atom is -0.495 e. The molecule has 10 atom stereocenters. The zero-order valence-corrected chi connectivity index (χ0v) is 33.6. The van der Waals surface area contributed by atoms with Crippen molar-refractivity contribution in [2.75, 3.05) is 13.7 Å². The molecule has 55 heavy (non-hydrogen) atoms. The summed E-state index contributed by atoms with van der Waals surface area (Å²) in [7, 11) is 1.52. The van der Waals surface area contributed by atoms with Gasteiger partial charge in [0.15, 0.2) is 0 Å². The second-order valence-corrected chi connectivity index (χ2v) is 18.5. The van der Waals surface area contributed by atoms with E-state index in [9.17, 15) is 24.3 Å². The molecule has 0 radical (unpaired) electrons. The molecular weight excluding hydrogens is 746 g/mol. The van der Waals surface area contributed by atoms with Gasteiger partial charge in [-0.1, -0.05) is 59.6 Å². The van der Waals surface area contributed by atoms with E-state index in [1.54, 1.807) is 18.2 Å². The highest BCUT2D eigenvalue weighted by Gasteiger charge is 2.81. The third-order valence-corrected chi connectivity index (χ3v) is 13.7. The van der Waals surface area contributed by atoms with Gasteiger partial charge in [-0.2, -0.15) is 0 Å². The molecule has 1 aromatic carbocycles. The number of nitrogens with zero attached hydrogens (tertiary/aromatic N) is 3. The number of pyridine rings is 1. The van der Waals surface area contributed by atoms with E-state index in [1.165, 1.54) is 23.3 Å². The van der Waals surface area contributed by atoms with Crippen LogP contribution in [0.2, 0.25) is 5.02 Å². The fourth-order valence-electron chi connectivity index (χ4n) is 9.10. The van der Waals surface area contributed by atoms with E-state index < -0.39 is 53.0 Å². The Kier molecular flexibility index (Phi) is 9.26. The molecule has 0 spiro atoms. The number of carboxylic acid groups (broad SMARTS) is 1. The summed E-state index contributed by atoms with van der Waals surface area (Å²) in [6, 6.07) is 3.18. The van der Waals surface area contributed by atoms with Gasteiger partial charge in [0.25, 0.3) is 0 Å². The van der Waals surface area contributed by atoms with Crippen LogP contribution in [0.4, 0.5) is 4.79 Å². The third-order valence-electron chi connectivity index (χ3n) is 12.5. The number of carbonyl (C=O) groups is 4. The number of halogens is 1. The average molecular weight is 794 g/mol. The number of carbonyl (C=O) groups excluding carboxylic acids is 3. The van der Waals surface area contributed by atoms with Crippen molar-refractivity contribution in [3.63, 3.8) is 0 Å². The number of amides is 3. The Bertz CT molecular complexity index is 2070. The molecule has 9 rings (SSSR count). The molecule has 13 nitrogen and oxygen atoms in total. The summed E-state index contributed by atoms with van der Waals surface area (Å²) in [5, 5.41) is 19.4. The summed E-state index contributed by atoms with van der Waals surface area (Å²) >= 11 is 8.27. The smallest absolute Gasteiger partial charge is 0.408 e. The number of aliphatic carboxylic acids is 1. The minimum absolute atomic E-state index is 0.00890. The van der Waals surface area contributed by atoms with Crippen molar-refractivity contribution in [3.8, 4) is 22.2 Å². The predicted octanol–water partition coefficient (Wildman–Crippen LogP) is 6.27. The Hall–Kier alpha value is -4.17. The van der Waals surface area contributed by atoms with Crippen LogP contribution in [0.3, 0.4) is 0 Å². The van der Waals surface area contributed by atoms with Gasteiger partial charge in [0, 0.05) is 29.2 Å². The molecule has 5 saturated carbocycles. The van der Waals surface area contributed by atoms with E-state index in [0.717, 1.165) is 12.1 Å². The van der Waals surface area contributed by atoms with Crippen molar-refractivity contribution in [3.05, 3.63) is 34.3 Å². The first-order chi connectivity index (χ1) is 26.1. The van der Waals surface area contributed by atoms with Crippen LogP contribution >= 0.6 is 22.9 Å². The van der Waals surface area contributed by atoms with Crippen LogP contribution in [0.1, 0.15) is 78.8 Å². The summed E-state index contributed by atoms with van der Waals surface area (Å²) in [4.78, 5) is 65.7. The number of hydrogen-bond donors (Lipinski definition) is 3. The second-order valence-electron chi connectivity index (χ2n) is 17.3. The number of benzene rings is 1. The van der Waals surface area contributed by atoms with Gasteiger partial charge in [-0.15, -0.1) is 11.3 Å². The highest BCUT2D eigenvalue weighted by atomic mass is 35.5. The first-order valence-corrected chi connectivity index (χ1v) is 20.4. The average Bonchev–Trinajstić information content (AvgIpc) is 3.97. The Morgan fingerprint density at radius 3 is 2.44 bits per heavy atom. The maximum atomic E-state index is 14.7. The lowest BCUT2D eigenvalue weighted by molar-refractivity contribution is -0.146. The zero-order valence-electron chi connectivity index (χ0n) is 32.1. The third kappa shape index (κ3) is 6.56. The van der Waals surface area contributed by atoms with Crippen molar-refractivity contribution < 1.29 is 38.5 Å². The molecule has 3 N–H and O–H groups in total. The number of alkyl carbamates (subject to hydrolysis) is 1. The van der Waals surface area contributed by atoms with Gasteiger partial charge in [0.2, 0.25) is 11.8 Å².